The van der Waals surface area contributed by atoms with E-state index < -0.39 is 0 Å². The monoisotopic (exact) mass is 416 g/mol. The third-order valence-electron chi connectivity index (χ3n) is 2.65. The Morgan fingerprint density at radius 3 is 2.00 bits per heavy atom. The van der Waals surface area contributed by atoms with Gasteiger partial charge in [0.25, 0.3) is 0 Å². The predicted octanol–water partition coefficient (Wildman–Crippen LogP) is 5.17. The second-order valence-corrected chi connectivity index (χ2v) is 6.08. The van der Waals surface area contributed by atoms with E-state index in [1.807, 2.05) is 19.1 Å². The molecule has 0 aliphatic rings. The average molecular weight is 417 g/mol. The SMILES string of the molecule is CCOc1ccc(C(Br)c2ccc(I)cc2)cc1. The minimum absolute atomic E-state index is 0.227. The third-order valence-corrected chi connectivity index (χ3v) is 4.42. The van der Waals surface area contributed by atoms with Crippen LogP contribution >= 0.6 is 38.5 Å². The van der Waals surface area contributed by atoms with Crippen molar-refractivity contribution in [3.63, 3.8) is 0 Å². The van der Waals surface area contributed by atoms with Crippen molar-refractivity contribution in [1.82, 2.24) is 0 Å². The fraction of sp³-hybridized carbons (Fsp3) is 0.200. The summed E-state index contributed by atoms with van der Waals surface area (Å²) in [5.41, 5.74) is 2.50. The number of ether oxygens (including phenoxy) is 1. The molecule has 2 aromatic rings. The summed E-state index contributed by atoms with van der Waals surface area (Å²) < 4.78 is 6.70. The van der Waals surface area contributed by atoms with Crippen molar-refractivity contribution in [2.75, 3.05) is 6.61 Å². The molecule has 0 saturated carbocycles. The lowest BCUT2D eigenvalue weighted by molar-refractivity contribution is 0.340. The first-order chi connectivity index (χ1) is 8.70. The lowest BCUT2D eigenvalue weighted by Gasteiger charge is -2.12. The molecule has 0 N–H and O–H groups in total. The van der Waals surface area contributed by atoms with Gasteiger partial charge in [0, 0.05) is 3.57 Å². The Hall–Kier alpha value is -0.550. The Balaban J connectivity index is 2.17. The maximum atomic E-state index is 5.45. The van der Waals surface area contributed by atoms with E-state index in [1.165, 1.54) is 14.7 Å². The molecule has 0 bridgehead atoms. The normalized spacial score (nSPS) is 12.2. The summed E-state index contributed by atoms with van der Waals surface area (Å²) in [6.45, 7) is 2.70. The maximum absolute atomic E-state index is 5.45. The zero-order chi connectivity index (χ0) is 13.0. The van der Waals surface area contributed by atoms with E-state index in [1.54, 1.807) is 0 Å². The fourth-order valence-electron chi connectivity index (χ4n) is 1.72. The maximum Gasteiger partial charge on any atom is 0.119 e. The molecule has 3 heteroatoms. The molecule has 1 atom stereocenters. The molecule has 0 radical (unpaired) electrons. The molecule has 0 fully saturated rings. The summed E-state index contributed by atoms with van der Waals surface area (Å²) in [6.07, 6.45) is 0. The van der Waals surface area contributed by atoms with Crippen LogP contribution in [0.5, 0.6) is 5.75 Å². The molecule has 2 aromatic carbocycles. The van der Waals surface area contributed by atoms with Gasteiger partial charge in [-0.3, -0.25) is 0 Å². The van der Waals surface area contributed by atoms with Crippen LogP contribution in [0.2, 0.25) is 0 Å². The first kappa shape index (κ1) is 13.9. The van der Waals surface area contributed by atoms with Crippen molar-refractivity contribution >= 4 is 38.5 Å². The summed E-state index contributed by atoms with van der Waals surface area (Å²) in [4.78, 5) is 0.227. The van der Waals surface area contributed by atoms with Gasteiger partial charge in [0.2, 0.25) is 0 Å². The molecule has 2 rings (SSSR count). The van der Waals surface area contributed by atoms with Crippen LogP contribution in [-0.4, -0.2) is 6.61 Å². The number of hydrogen-bond donors (Lipinski definition) is 0. The Kier molecular flexibility index (Phi) is 5.06. The molecule has 94 valence electrons. The van der Waals surface area contributed by atoms with E-state index in [0.29, 0.717) is 6.61 Å². The molecular weight excluding hydrogens is 403 g/mol. The molecule has 1 unspecified atom stereocenters. The Morgan fingerprint density at radius 2 is 1.50 bits per heavy atom. The Bertz CT molecular complexity index is 493. The lowest BCUT2D eigenvalue weighted by atomic mass is 10.1. The molecule has 0 aromatic heterocycles. The van der Waals surface area contributed by atoms with Crippen molar-refractivity contribution < 1.29 is 4.74 Å². The minimum Gasteiger partial charge on any atom is -0.494 e. The third kappa shape index (κ3) is 3.48. The van der Waals surface area contributed by atoms with Crippen LogP contribution in [0.1, 0.15) is 22.9 Å². The van der Waals surface area contributed by atoms with Crippen LogP contribution in [0.4, 0.5) is 0 Å². The molecule has 0 heterocycles. The second kappa shape index (κ2) is 6.57. The number of benzene rings is 2. The standard InChI is InChI=1S/C15H14BrIO/c1-2-18-14-9-5-12(6-10-14)15(16)11-3-7-13(17)8-4-11/h3-10,15H,2H2,1H3. The summed E-state index contributed by atoms with van der Waals surface area (Å²) in [6, 6.07) is 16.8. The van der Waals surface area contributed by atoms with E-state index in [2.05, 4.69) is 74.9 Å². The zero-order valence-corrected chi connectivity index (χ0v) is 13.8. The molecule has 0 amide bonds. The first-order valence-electron chi connectivity index (χ1n) is 5.83. The van der Waals surface area contributed by atoms with Crippen LogP contribution in [0.15, 0.2) is 48.5 Å². The molecule has 18 heavy (non-hydrogen) atoms. The van der Waals surface area contributed by atoms with Crippen LogP contribution < -0.4 is 4.74 Å². The van der Waals surface area contributed by atoms with Crippen LogP contribution in [-0.2, 0) is 0 Å². The van der Waals surface area contributed by atoms with Crippen LogP contribution in [0.3, 0.4) is 0 Å². The highest BCUT2D eigenvalue weighted by atomic mass is 127. The molecule has 0 aliphatic carbocycles. The van der Waals surface area contributed by atoms with Gasteiger partial charge < -0.3 is 4.74 Å². The van der Waals surface area contributed by atoms with Crippen molar-refractivity contribution in [1.29, 1.82) is 0 Å². The Morgan fingerprint density at radius 1 is 1.00 bits per heavy atom. The molecular formula is C15H14BrIO. The van der Waals surface area contributed by atoms with Crippen LogP contribution in [0, 0.1) is 3.57 Å². The highest BCUT2D eigenvalue weighted by Crippen LogP contribution is 2.31. The van der Waals surface area contributed by atoms with Gasteiger partial charge in [-0.1, -0.05) is 40.2 Å². The van der Waals surface area contributed by atoms with E-state index >= 15 is 0 Å². The van der Waals surface area contributed by atoms with Crippen molar-refractivity contribution in [2.24, 2.45) is 0 Å². The number of halogens is 2. The predicted molar refractivity (Wildman–Crippen MR) is 87.5 cm³/mol. The van der Waals surface area contributed by atoms with Crippen molar-refractivity contribution in [2.45, 2.75) is 11.8 Å². The molecule has 0 saturated heterocycles. The summed E-state index contributed by atoms with van der Waals surface area (Å²) in [5.74, 6) is 0.920. The van der Waals surface area contributed by atoms with Gasteiger partial charge in [-0.2, -0.15) is 0 Å². The quantitative estimate of drug-likeness (QED) is 0.493. The number of alkyl halides is 1. The van der Waals surface area contributed by atoms with Crippen molar-refractivity contribution in [3.8, 4) is 5.75 Å². The smallest absolute Gasteiger partial charge is 0.119 e. The summed E-state index contributed by atoms with van der Waals surface area (Å²) in [7, 11) is 0. The van der Waals surface area contributed by atoms with Gasteiger partial charge in [-0.25, -0.2) is 0 Å². The highest BCUT2D eigenvalue weighted by Gasteiger charge is 2.09. The zero-order valence-electron chi connectivity index (χ0n) is 10.1. The summed E-state index contributed by atoms with van der Waals surface area (Å²) >= 11 is 6.06. The lowest BCUT2D eigenvalue weighted by Crippen LogP contribution is -1.94. The largest absolute Gasteiger partial charge is 0.494 e. The van der Waals surface area contributed by atoms with Gasteiger partial charge >= 0.3 is 0 Å². The molecule has 1 nitrogen and oxygen atoms in total. The van der Waals surface area contributed by atoms with Gasteiger partial charge in [0.05, 0.1) is 11.4 Å². The van der Waals surface area contributed by atoms with Gasteiger partial charge in [-0.15, -0.1) is 0 Å². The van der Waals surface area contributed by atoms with Crippen LogP contribution in [0.25, 0.3) is 0 Å². The molecule has 0 aliphatic heterocycles. The minimum atomic E-state index is 0.227. The van der Waals surface area contributed by atoms with Gasteiger partial charge in [0.1, 0.15) is 5.75 Å². The second-order valence-electron chi connectivity index (χ2n) is 3.92. The van der Waals surface area contributed by atoms with Crippen molar-refractivity contribution in [3.05, 3.63) is 63.2 Å². The molecule has 0 spiro atoms. The van der Waals surface area contributed by atoms with Gasteiger partial charge in [-0.05, 0) is 64.9 Å². The topological polar surface area (TPSA) is 9.23 Å². The van der Waals surface area contributed by atoms with E-state index in [9.17, 15) is 0 Å². The summed E-state index contributed by atoms with van der Waals surface area (Å²) in [5, 5.41) is 0. The first-order valence-corrected chi connectivity index (χ1v) is 7.82. The Labute approximate surface area is 130 Å². The average Bonchev–Trinajstić information content (AvgIpc) is 2.40. The highest BCUT2D eigenvalue weighted by molar-refractivity contribution is 14.1. The number of hydrogen-bond acceptors (Lipinski definition) is 1. The van der Waals surface area contributed by atoms with E-state index in [0.717, 1.165) is 5.75 Å². The fourth-order valence-corrected chi connectivity index (χ4v) is 2.69. The van der Waals surface area contributed by atoms with Gasteiger partial charge in [0.15, 0.2) is 0 Å². The van der Waals surface area contributed by atoms with E-state index in [4.69, 9.17) is 4.74 Å². The number of rotatable bonds is 4. The van der Waals surface area contributed by atoms with E-state index in [-0.39, 0.29) is 4.83 Å².